The van der Waals surface area contributed by atoms with Crippen LogP contribution < -0.4 is 4.90 Å². The third-order valence-electron chi connectivity index (χ3n) is 5.98. The molecule has 0 N–H and O–H groups in total. The summed E-state index contributed by atoms with van der Waals surface area (Å²) >= 11 is 4.35. The van der Waals surface area contributed by atoms with Gasteiger partial charge in [0.25, 0.3) is 0 Å². The van der Waals surface area contributed by atoms with Crippen LogP contribution in [0.15, 0.2) is 23.1 Å². The first-order chi connectivity index (χ1) is 11.5. The summed E-state index contributed by atoms with van der Waals surface area (Å²) in [5.74, 6) is 2.38. The minimum Gasteiger partial charge on any atom is -0.369 e. The summed E-state index contributed by atoms with van der Waals surface area (Å²) in [5, 5.41) is 0. The summed E-state index contributed by atoms with van der Waals surface area (Å²) in [5.41, 5.74) is 0.721. The number of nitrogens with zero attached hydrogens (tertiary/aromatic N) is 2. The predicted octanol–water partition coefficient (Wildman–Crippen LogP) is 4.70. The highest BCUT2D eigenvalue weighted by atomic mass is 32.1. The molecule has 0 aliphatic carbocycles. The highest BCUT2D eigenvalue weighted by molar-refractivity contribution is 7.80. The molecule has 1 aromatic rings. The van der Waals surface area contributed by atoms with E-state index in [-0.39, 0.29) is 5.82 Å². The van der Waals surface area contributed by atoms with Gasteiger partial charge in [-0.3, -0.25) is 0 Å². The fourth-order valence-electron chi connectivity index (χ4n) is 4.27. The number of benzene rings is 1. The number of hydrogen-bond acceptors (Lipinski definition) is 3. The number of anilines is 1. The molecule has 2 aliphatic rings. The Hall–Kier alpha value is -0.740. The first-order valence-corrected chi connectivity index (χ1v) is 9.93. The molecule has 2 fully saturated rings. The van der Waals surface area contributed by atoms with Gasteiger partial charge in [-0.2, -0.15) is 0 Å². The largest absolute Gasteiger partial charge is 0.369 e. The molecule has 2 heterocycles. The van der Waals surface area contributed by atoms with Gasteiger partial charge in [-0.15, -0.1) is 12.6 Å². The van der Waals surface area contributed by atoms with Crippen LogP contribution in [0.1, 0.15) is 39.5 Å². The monoisotopic (exact) mass is 350 g/mol. The SMILES string of the molecule is CC(C)C1CCN(CC2CCN(c3cc(S)ccc3F)CC2)CC1. The van der Waals surface area contributed by atoms with Gasteiger partial charge in [0.2, 0.25) is 0 Å². The second-order valence-corrected chi connectivity index (χ2v) is 8.46. The quantitative estimate of drug-likeness (QED) is 0.787. The molecule has 2 nitrogen and oxygen atoms in total. The van der Waals surface area contributed by atoms with E-state index in [0.29, 0.717) is 0 Å². The molecule has 1 aromatic carbocycles. The van der Waals surface area contributed by atoms with E-state index >= 15 is 0 Å². The van der Waals surface area contributed by atoms with E-state index in [4.69, 9.17) is 0 Å². The van der Waals surface area contributed by atoms with Crippen molar-refractivity contribution in [1.82, 2.24) is 4.90 Å². The second kappa shape index (κ2) is 8.09. The Kier molecular flexibility index (Phi) is 6.09. The molecule has 0 unspecified atom stereocenters. The average Bonchev–Trinajstić information content (AvgIpc) is 2.58. The van der Waals surface area contributed by atoms with Gasteiger partial charge in [0.1, 0.15) is 5.82 Å². The Labute approximate surface area is 151 Å². The van der Waals surface area contributed by atoms with Crippen molar-refractivity contribution in [3.63, 3.8) is 0 Å². The Morgan fingerprint density at radius 3 is 2.38 bits per heavy atom. The van der Waals surface area contributed by atoms with Gasteiger partial charge in [-0.25, -0.2) is 4.39 Å². The first-order valence-electron chi connectivity index (χ1n) is 9.48. The van der Waals surface area contributed by atoms with Gasteiger partial charge in [-0.05, 0) is 74.7 Å². The van der Waals surface area contributed by atoms with Crippen LogP contribution in [0.25, 0.3) is 0 Å². The molecule has 0 amide bonds. The molecule has 0 aromatic heterocycles. The van der Waals surface area contributed by atoms with Crippen molar-refractivity contribution in [2.24, 2.45) is 17.8 Å². The van der Waals surface area contributed by atoms with Crippen molar-refractivity contribution in [1.29, 1.82) is 0 Å². The zero-order valence-corrected chi connectivity index (χ0v) is 15.9. The molecule has 0 spiro atoms. The Bertz CT molecular complexity index is 532. The molecular formula is C20H31FN2S. The second-order valence-electron chi connectivity index (χ2n) is 7.95. The molecule has 4 heteroatoms. The van der Waals surface area contributed by atoms with Crippen LogP contribution in [-0.4, -0.2) is 37.6 Å². The van der Waals surface area contributed by atoms with Crippen LogP contribution in [0.3, 0.4) is 0 Å². The fourth-order valence-corrected chi connectivity index (χ4v) is 4.46. The standard InChI is InChI=1S/C20H31FN2S/c1-15(2)17-7-9-22(10-8-17)14-16-5-11-23(12-6-16)20-13-18(24)3-4-19(20)21/h3-4,13,15-17,24H,5-12,14H2,1-2H3. The van der Waals surface area contributed by atoms with Crippen LogP contribution in [0.4, 0.5) is 10.1 Å². The lowest BCUT2D eigenvalue weighted by molar-refractivity contribution is 0.132. The van der Waals surface area contributed by atoms with E-state index in [0.717, 1.165) is 41.4 Å². The van der Waals surface area contributed by atoms with E-state index in [1.807, 2.05) is 6.07 Å². The molecule has 0 saturated carbocycles. The highest BCUT2D eigenvalue weighted by Gasteiger charge is 2.26. The normalized spacial score (nSPS) is 21.6. The topological polar surface area (TPSA) is 6.48 Å². The average molecular weight is 351 g/mol. The third kappa shape index (κ3) is 4.45. The van der Waals surface area contributed by atoms with Crippen LogP contribution >= 0.6 is 12.6 Å². The van der Waals surface area contributed by atoms with Crippen LogP contribution in [0.5, 0.6) is 0 Å². The number of likely N-dealkylation sites (tertiary alicyclic amines) is 1. The van der Waals surface area contributed by atoms with Gasteiger partial charge < -0.3 is 9.80 Å². The molecule has 0 radical (unpaired) electrons. The molecule has 0 atom stereocenters. The smallest absolute Gasteiger partial charge is 0.146 e. The molecule has 24 heavy (non-hydrogen) atoms. The van der Waals surface area contributed by atoms with Crippen molar-refractivity contribution in [2.75, 3.05) is 37.6 Å². The lowest BCUT2D eigenvalue weighted by atomic mass is 9.86. The van der Waals surface area contributed by atoms with E-state index in [1.54, 1.807) is 6.07 Å². The van der Waals surface area contributed by atoms with Crippen molar-refractivity contribution in [3.05, 3.63) is 24.0 Å². The van der Waals surface area contributed by atoms with Crippen LogP contribution in [0, 0.1) is 23.6 Å². The van der Waals surface area contributed by atoms with E-state index in [9.17, 15) is 4.39 Å². The number of rotatable bonds is 4. The van der Waals surface area contributed by atoms with Crippen LogP contribution in [-0.2, 0) is 0 Å². The van der Waals surface area contributed by atoms with Gasteiger partial charge in [0.05, 0.1) is 5.69 Å². The van der Waals surface area contributed by atoms with Crippen molar-refractivity contribution in [3.8, 4) is 0 Å². The zero-order valence-electron chi connectivity index (χ0n) is 15.0. The minimum absolute atomic E-state index is 0.123. The fraction of sp³-hybridized carbons (Fsp3) is 0.700. The van der Waals surface area contributed by atoms with Crippen molar-refractivity contribution >= 4 is 18.3 Å². The summed E-state index contributed by atoms with van der Waals surface area (Å²) < 4.78 is 14.0. The molecular weight excluding hydrogens is 319 g/mol. The third-order valence-corrected chi connectivity index (χ3v) is 6.25. The van der Waals surface area contributed by atoms with Gasteiger partial charge in [0.15, 0.2) is 0 Å². The lowest BCUT2D eigenvalue weighted by Crippen LogP contribution is -2.42. The van der Waals surface area contributed by atoms with Gasteiger partial charge in [-0.1, -0.05) is 13.8 Å². The number of piperidine rings is 2. The number of hydrogen-bond donors (Lipinski definition) is 1. The lowest BCUT2D eigenvalue weighted by Gasteiger charge is -2.39. The predicted molar refractivity (Wildman–Crippen MR) is 103 cm³/mol. The minimum atomic E-state index is -0.123. The molecule has 134 valence electrons. The van der Waals surface area contributed by atoms with Gasteiger partial charge in [0, 0.05) is 24.5 Å². The maximum absolute atomic E-state index is 14.0. The molecule has 0 bridgehead atoms. The van der Waals surface area contributed by atoms with Crippen molar-refractivity contribution in [2.45, 2.75) is 44.4 Å². The first kappa shape index (κ1) is 18.1. The molecule has 2 aliphatic heterocycles. The van der Waals surface area contributed by atoms with Gasteiger partial charge >= 0.3 is 0 Å². The van der Waals surface area contributed by atoms with Crippen LogP contribution in [0.2, 0.25) is 0 Å². The number of halogens is 1. The van der Waals surface area contributed by atoms with E-state index in [2.05, 4.69) is 36.3 Å². The van der Waals surface area contributed by atoms with E-state index < -0.39 is 0 Å². The zero-order chi connectivity index (χ0) is 17.1. The summed E-state index contributed by atoms with van der Waals surface area (Å²) in [6.45, 7) is 10.4. The Balaban J connectivity index is 1.47. The summed E-state index contributed by atoms with van der Waals surface area (Å²) in [6, 6.07) is 5.10. The maximum atomic E-state index is 14.0. The Morgan fingerprint density at radius 1 is 1.08 bits per heavy atom. The summed E-state index contributed by atoms with van der Waals surface area (Å²) in [7, 11) is 0. The summed E-state index contributed by atoms with van der Waals surface area (Å²) in [6.07, 6.45) is 5.05. The summed E-state index contributed by atoms with van der Waals surface area (Å²) in [4.78, 5) is 5.69. The highest BCUT2D eigenvalue weighted by Crippen LogP contribution is 2.29. The Morgan fingerprint density at radius 2 is 1.75 bits per heavy atom. The molecule has 2 saturated heterocycles. The maximum Gasteiger partial charge on any atom is 0.146 e. The van der Waals surface area contributed by atoms with Crippen molar-refractivity contribution < 1.29 is 4.39 Å². The molecule has 3 rings (SSSR count). The number of thiol groups is 1. The van der Waals surface area contributed by atoms with E-state index in [1.165, 1.54) is 51.4 Å².